The lowest BCUT2D eigenvalue weighted by atomic mass is 9.79. The van der Waals surface area contributed by atoms with Gasteiger partial charge < -0.3 is 14.4 Å². The van der Waals surface area contributed by atoms with Crippen LogP contribution in [0.1, 0.15) is 18.4 Å². The van der Waals surface area contributed by atoms with Crippen LogP contribution in [0.3, 0.4) is 0 Å². The summed E-state index contributed by atoms with van der Waals surface area (Å²) >= 11 is 0. The predicted octanol–water partition coefficient (Wildman–Crippen LogP) is 2.85. The summed E-state index contributed by atoms with van der Waals surface area (Å²) in [4.78, 5) is 18.2. The third-order valence-corrected chi connectivity index (χ3v) is 5.50. The summed E-state index contributed by atoms with van der Waals surface area (Å²) in [6.45, 7) is 2.34. The van der Waals surface area contributed by atoms with Gasteiger partial charge in [0, 0.05) is 12.8 Å². The van der Waals surface area contributed by atoms with Gasteiger partial charge in [-0.05, 0) is 36.5 Å². The second kappa shape index (κ2) is 7.64. The van der Waals surface area contributed by atoms with Gasteiger partial charge in [-0.15, -0.1) is 0 Å². The van der Waals surface area contributed by atoms with E-state index in [9.17, 15) is 9.18 Å². The normalized spacial score (nSPS) is 20.5. The van der Waals surface area contributed by atoms with Crippen LogP contribution in [0.4, 0.5) is 4.39 Å². The van der Waals surface area contributed by atoms with E-state index >= 15 is 0 Å². The van der Waals surface area contributed by atoms with Crippen molar-refractivity contribution in [2.24, 2.45) is 5.92 Å². The number of carbonyl (C=O) groups excluding carboxylic acids is 1. The first-order valence-corrected chi connectivity index (χ1v) is 9.35. The minimum atomic E-state index is -0.448. The van der Waals surface area contributed by atoms with Crippen LogP contribution in [0.2, 0.25) is 0 Å². The van der Waals surface area contributed by atoms with Crippen molar-refractivity contribution in [1.82, 2.24) is 9.88 Å². The molecule has 0 N–H and O–H groups in total. The topological polar surface area (TPSA) is 51.7 Å². The number of amides is 1. The SMILES string of the molecule is O=C(Cc1ccccc1)N1CC2(C1)OCCC2CCOc1ncccc1F. The Hall–Kier alpha value is -2.47. The fraction of sp³-hybridized carbons (Fsp3) is 0.429. The lowest BCUT2D eigenvalue weighted by molar-refractivity contribution is -0.165. The highest BCUT2D eigenvalue weighted by Crippen LogP contribution is 2.41. The fourth-order valence-corrected chi connectivity index (χ4v) is 3.98. The van der Waals surface area contributed by atoms with E-state index in [0.29, 0.717) is 38.6 Å². The van der Waals surface area contributed by atoms with E-state index < -0.39 is 5.82 Å². The number of pyridine rings is 1. The summed E-state index contributed by atoms with van der Waals surface area (Å²) in [6, 6.07) is 12.7. The molecule has 0 saturated carbocycles. The molecule has 142 valence electrons. The quantitative estimate of drug-likeness (QED) is 0.785. The molecule has 1 aromatic carbocycles. The summed E-state index contributed by atoms with van der Waals surface area (Å²) in [7, 11) is 0. The van der Waals surface area contributed by atoms with Gasteiger partial charge in [-0.1, -0.05) is 30.3 Å². The average molecular weight is 370 g/mol. The summed E-state index contributed by atoms with van der Waals surface area (Å²) in [5.74, 6) is 0.0351. The third kappa shape index (κ3) is 3.81. The van der Waals surface area contributed by atoms with Crippen LogP contribution in [0.5, 0.6) is 5.88 Å². The van der Waals surface area contributed by atoms with Crippen molar-refractivity contribution in [1.29, 1.82) is 0 Å². The highest BCUT2D eigenvalue weighted by atomic mass is 19.1. The molecule has 1 spiro atoms. The van der Waals surface area contributed by atoms with Crippen molar-refractivity contribution >= 4 is 5.91 Å². The standard InChI is InChI=1S/C21H23FN2O3/c22-18-7-4-10-23-20(18)26-11-8-17-9-12-27-21(17)14-24(15-21)19(25)13-16-5-2-1-3-6-16/h1-7,10,17H,8-9,11-15H2. The van der Waals surface area contributed by atoms with E-state index in [0.717, 1.165) is 18.4 Å². The van der Waals surface area contributed by atoms with Gasteiger partial charge in [0.2, 0.25) is 11.8 Å². The molecule has 1 atom stereocenters. The number of carbonyl (C=O) groups is 1. The zero-order chi connectivity index (χ0) is 18.7. The lowest BCUT2D eigenvalue weighted by Crippen LogP contribution is -2.66. The molecule has 0 radical (unpaired) electrons. The van der Waals surface area contributed by atoms with Crippen molar-refractivity contribution in [3.05, 3.63) is 60.0 Å². The van der Waals surface area contributed by atoms with Crippen molar-refractivity contribution in [2.75, 3.05) is 26.3 Å². The van der Waals surface area contributed by atoms with Gasteiger partial charge in [0.25, 0.3) is 0 Å². The number of hydrogen-bond acceptors (Lipinski definition) is 4. The van der Waals surface area contributed by atoms with E-state index in [1.807, 2.05) is 35.2 Å². The zero-order valence-electron chi connectivity index (χ0n) is 15.1. The Bertz CT molecular complexity index is 793. The minimum absolute atomic E-state index is 0.0405. The molecule has 27 heavy (non-hydrogen) atoms. The summed E-state index contributed by atoms with van der Waals surface area (Å²) < 4.78 is 25.1. The van der Waals surface area contributed by atoms with Crippen molar-refractivity contribution in [3.63, 3.8) is 0 Å². The van der Waals surface area contributed by atoms with E-state index in [1.165, 1.54) is 18.3 Å². The van der Waals surface area contributed by atoms with Crippen molar-refractivity contribution in [2.45, 2.75) is 24.9 Å². The van der Waals surface area contributed by atoms with Crippen molar-refractivity contribution < 1.29 is 18.7 Å². The Kier molecular flexibility index (Phi) is 5.07. The molecular formula is C21H23FN2O3. The fourth-order valence-electron chi connectivity index (χ4n) is 3.98. The smallest absolute Gasteiger partial charge is 0.250 e. The minimum Gasteiger partial charge on any atom is -0.476 e. The van der Waals surface area contributed by atoms with Crippen LogP contribution in [-0.4, -0.2) is 47.7 Å². The number of likely N-dealkylation sites (tertiary alicyclic amines) is 1. The van der Waals surface area contributed by atoms with E-state index in [4.69, 9.17) is 9.47 Å². The molecule has 3 heterocycles. The number of aromatic nitrogens is 1. The van der Waals surface area contributed by atoms with Crippen molar-refractivity contribution in [3.8, 4) is 5.88 Å². The van der Waals surface area contributed by atoms with Crippen LogP contribution >= 0.6 is 0 Å². The number of rotatable bonds is 6. The van der Waals surface area contributed by atoms with E-state index in [1.54, 1.807) is 0 Å². The molecular weight excluding hydrogens is 347 g/mol. The molecule has 2 aromatic rings. The second-order valence-electron chi connectivity index (χ2n) is 7.24. The maximum absolute atomic E-state index is 13.6. The largest absolute Gasteiger partial charge is 0.476 e. The summed E-state index contributed by atoms with van der Waals surface area (Å²) in [5.41, 5.74) is 0.761. The Labute approximate surface area is 158 Å². The number of benzene rings is 1. The van der Waals surface area contributed by atoms with E-state index in [-0.39, 0.29) is 17.4 Å². The molecule has 2 saturated heterocycles. The number of halogens is 1. The molecule has 2 aliphatic heterocycles. The van der Waals surface area contributed by atoms with Crippen LogP contribution in [0, 0.1) is 11.7 Å². The first-order chi connectivity index (χ1) is 13.2. The highest BCUT2D eigenvalue weighted by molar-refractivity contribution is 5.80. The third-order valence-electron chi connectivity index (χ3n) is 5.50. The molecule has 0 bridgehead atoms. The van der Waals surface area contributed by atoms with Crippen LogP contribution in [0.25, 0.3) is 0 Å². The van der Waals surface area contributed by atoms with Gasteiger partial charge in [-0.3, -0.25) is 4.79 Å². The maximum Gasteiger partial charge on any atom is 0.250 e. The molecule has 2 fully saturated rings. The molecule has 6 heteroatoms. The average Bonchev–Trinajstić information content (AvgIpc) is 3.07. The molecule has 0 aliphatic carbocycles. The highest BCUT2D eigenvalue weighted by Gasteiger charge is 2.53. The first-order valence-electron chi connectivity index (χ1n) is 9.35. The lowest BCUT2D eigenvalue weighted by Gasteiger charge is -2.50. The summed E-state index contributed by atoms with van der Waals surface area (Å²) in [6.07, 6.45) is 3.63. The van der Waals surface area contributed by atoms with Gasteiger partial charge in [-0.2, -0.15) is 0 Å². The Morgan fingerprint density at radius 1 is 1.26 bits per heavy atom. The molecule has 1 aromatic heterocycles. The number of ether oxygens (including phenoxy) is 2. The Balaban J connectivity index is 1.28. The zero-order valence-corrected chi connectivity index (χ0v) is 15.1. The molecule has 5 nitrogen and oxygen atoms in total. The maximum atomic E-state index is 13.6. The monoisotopic (exact) mass is 370 g/mol. The Morgan fingerprint density at radius 3 is 2.85 bits per heavy atom. The predicted molar refractivity (Wildman–Crippen MR) is 97.8 cm³/mol. The van der Waals surface area contributed by atoms with Crippen LogP contribution < -0.4 is 4.74 Å². The number of hydrogen-bond donors (Lipinski definition) is 0. The summed E-state index contributed by atoms with van der Waals surface area (Å²) in [5, 5.41) is 0. The number of nitrogens with zero attached hydrogens (tertiary/aromatic N) is 2. The van der Waals surface area contributed by atoms with E-state index in [2.05, 4.69) is 4.98 Å². The molecule has 1 unspecified atom stereocenters. The van der Waals surface area contributed by atoms with Crippen LogP contribution in [-0.2, 0) is 16.0 Å². The molecule has 2 aliphatic rings. The van der Waals surface area contributed by atoms with Gasteiger partial charge in [0.05, 0.1) is 26.1 Å². The van der Waals surface area contributed by atoms with Gasteiger partial charge in [-0.25, -0.2) is 9.37 Å². The van der Waals surface area contributed by atoms with Gasteiger partial charge in [0.15, 0.2) is 5.82 Å². The second-order valence-corrected chi connectivity index (χ2v) is 7.24. The molecule has 1 amide bonds. The van der Waals surface area contributed by atoms with Gasteiger partial charge in [0.1, 0.15) is 5.60 Å². The first kappa shape index (κ1) is 17.9. The Morgan fingerprint density at radius 2 is 2.07 bits per heavy atom. The molecule has 4 rings (SSSR count). The van der Waals surface area contributed by atoms with Crippen LogP contribution in [0.15, 0.2) is 48.7 Å². The van der Waals surface area contributed by atoms with Gasteiger partial charge >= 0.3 is 0 Å².